The molecule has 0 saturated heterocycles. The zero-order valence-electron chi connectivity index (χ0n) is 17.1. The zero-order chi connectivity index (χ0) is 22.0. The smallest absolute Gasteiger partial charge is 0.274 e. The van der Waals surface area contributed by atoms with E-state index < -0.39 is 10.0 Å². The average molecular weight is 456 g/mol. The Morgan fingerprint density at radius 3 is 2.35 bits per heavy atom. The summed E-state index contributed by atoms with van der Waals surface area (Å²) >= 11 is 1.57. The lowest BCUT2D eigenvalue weighted by Gasteiger charge is -2.13. The highest BCUT2D eigenvalue weighted by molar-refractivity contribution is 7.89. The summed E-state index contributed by atoms with van der Waals surface area (Å²) in [6.45, 7) is 0.481. The monoisotopic (exact) mass is 455 g/mol. The van der Waals surface area contributed by atoms with E-state index in [0.29, 0.717) is 11.1 Å². The second-order valence-corrected chi connectivity index (χ2v) is 10.1. The summed E-state index contributed by atoms with van der Waals surface area (Å²) in [6, 6.07) is 17.6. The standard InChI is InChI=1S/C22H21N3O4S2/c1-24(2)31(27,28)17-11-9-16(10-12-17)29-14-13-25-22(26)19-7-4-3-6-18(19)21(23-25)20-8-5-15-30-20/h3-12,15H,13-14H2,1-2H3. The van der Waals surface area contributed by atoms with E-state index in [1.165, 1.54) is 30.9 Å². The summed E-state index contributed by atoms with van der Waals surface area (Å²) in [5.41, 5.74) is 0.593. The first kappa shape index (κ1) is 21.2. The molecule has 0 aliphatic heterocycles. The molecule has 160 valence electrons. The first-order valence-corrected chi connectivity index (χ1v) is 11.9. The SMILES string of the molecule is CN(C)S(=O)(=O)c1ccc(OCCn2nc(-c3cccs3)c3ccccc3c2=O)cc1. The molecule has 0 spiro atoms. The predicted octanol–water partition coefficient (Wildman–Crippen LogP) is 3.45. The van der Waals surface area contributed by atoms with Gasteiger partial charge < -0.3 is 4.74 Å². The van der Waals surface area contributed by atoms with E-state index in [1.54, 1.807) is 29.5 Å². The lowest BCUT2D eigenvalue weighted by Crippen LogP contribution is -2.26. The van der Waals surface area contributed by atoms with Crippen LogP contribution in [0.2, 0.25) is 0 Å². The van der Waals surface area contributed by atoms with Crippen molar-refractivity contribution in [3.63, 3.8) is 0 Å². The maximum absolute atomic E-state index is 12.9. The van der Waals surface area contributed by atoms with Crippen LogP contribution in [-0.4, -0.2) is 43.2 Å². The Balaban J connectivity index is 1.55. The molecule has 7 nitrogen and oxygen atoms in total. The van der Waals surface area contributed by atoms with E-state index in [1.807, 2.05) is 35.7 Å². The third-order valence-electron chi connectivity index (χ3n) is 4.80. The van der Waals surface area contributed by atoms with Crippen LogP contribution in [0.5, 0.6) is 5.75 Å². The van der Waals surface area contributed by atoms with Crippen molar-refractivity contribution in [1.82, 2.24) is 14.1 Å². The Morgan fingerprint density at radius 2 is 1.71 bits per heavy atom. The van der Waals surface area contributed by atoms with Crippen molar-refractivity contribution in [3.05, 3.63) is 76.4 Å². The number of aromatic nitrogens is 2. The highest BCUT2D eigenvalue weighted by atomic mass is 32.2. The maximum atomic E-state index is 12.9. The van der Waals surface area contributed by atoms with Crippen LogP contribution in [0.15, 0.2) is 75.7 Å². The minimum Gasteiger partial charge on any atom is -0.492 e. The number of hydrogen-bond acceptors (Lipinski definition) is 6. The Hall–Kier alpha value is -3.01. The van der Waals surface area contributed by atoms with E-state index in [4.69, 9.17) is 4.74 Å². The molecule has 0 unspecified atom stereocenters. The van der Waals surface area contributed by atoms with Gasteiger partial charge in [-0.25, -0.2) is 17.4 Å². The molecular formula is C22H21N3O4S2. The summed E-state index contributed by atoms with van der Waals surface area (Å²) < 4.78 is 32.6. The molecular weight excluding hydrogens is 434 g/mol. The van der Waals surface area contributed by atoms with Gasteiger partial charge in [0.1, 0.15) is 18.1 Å². The number of benzene rings is 2. The molecule has 0 N–H and O–H groups in total. The highest BCUT2D eigenvalue weighted by Crippen LogP contribution is 2.28. The van der Waals surface area contributed by atoms with Crippen molar-refractivity contribution in [2.24, 2.45) is 0 Å². The van der Waals surface area contributed by atoms with Crippen molar-refractivity contribution in [1.29, 1.82) is 0 Å². The second kappa shape index (κ2) is 8.62. The van der Waals surface area contributed by atoms with E-state index >= 15 is 0 Å². The van der Waals surface area contributed by atoms with Crippen molar-refractivity contribution in [2.75, 3.05) is 20.7 Å². The first-order valence-electron chi connectivity index (χ1n) is 9.57. The third kappa shape index (κ3) is 4.25. The van der Waals surface area contributed by atoms with Crippen LogP contribution < -0.4 is 10.3 Å². The van der Waals surface area contributed by atoms with Crippen LogP contribution >= 0.6 is 11.3 Å². The summed E-state index contributed by atoms with van der Waals surface area (Å²) in [6.07, 6.45) is 0. The number of thiophene rings is 1. The van der Waals surface area contributed by atoms with Crippen LogP contribution in [0, 0.1) is 0 Å². The van der Waals surface area contributed by atoms with E-state index in [-0.39, 0.29) is 23.6 Å². The lowest BCUT2D eigenvalue weighted by molar-refractivity contribution is 0.288. The Bertz CT molecular complexity index is 1360. The predicted molar refractivity (Wildman–Crippen MR) is 122 cm³/mol. The molecule has 4 rings (SSSR count). The van der Waals surface area contributed by atoms with Gasteiger partial charge in [-0.2, -0.15) is 5.10 Å². The van der Waals surface area contributed by atoms with Gasteiger partial charge in [0.05, 0.1) is 21.7 Å². The molecule has 0 radical (unpaired) electrons. The van der Waals surface area contributed by atoms with Crippen molar-refractivity contribution in [2.45, 2.75) is 11.4 Å². The highest BCUT2D eigenvalue weighted by Gasteiger charge is 2.17. The fourth-order valence-electron chi connectivity index (χ4n) is 3.15. The molecule has 0 saturated carbocycles. The van der Waals surface area contributed by atoms with Gasteiger partial charge in [0.25, 0.3) is 5.56 Å². The minimum absolute atomic E-state index is 0.174. The van der Waals surface area contributed by atoms with Gasteiger partial charge in [-0.15, -0.1) is 11.3 Å². The summed E-state index contributed by atoms with van der Waals surface area (Å²) in [5.74, 6) is 0.519. The van der Waals surface area contributed by atoms with Crippen LogP contribution in [0.1, 0.15) is 0 Å². The van der Waals surface area contributed by atoms with Crippen LogP contribution in [0.25, 0.3) is 21.3 Å². The second-order valence-electron chi connectivity index (χ2n) is 7.01. The van der Waals surface area contributed by atoms with Crippen molar-refractivity contribution < 1.29 is 13.2 Å². The van der Waals surface area contributed by atoms with Crippen molar-refractivity contribution in [3.8, 4) is 16.3 Å². The van der Waals surface area contributed by atoms with Gasteiger partial charge >= 0.3 is 0 Å². The van der Waals surface area contributed by atoms with Crippen molar-refractivity contribution >= 4 is 32.1 Å². The van der Waals surface area contributed by atoms with Crippen LogP contribution in [0.4, 0.5) is 0 Å². The maximum Gasteiger partial charge on any atom is 0.274 e. The average Bonchev–Trinajstić information content (AvgIpc) is 3.30. The van der Waals surface area contributed by atoms with E-state index in [2.05, 4.69) is 5.10 Å². The quantitative estimate of drug-likeness (QED) is 0.426. The normalized spacial score (nSPS) is 11.8. The Morgan fingerprint density at radius 1 is 1.00 bits per heavy atom. The Kier molecular flexibility index (Phi) is 5.90. The summed E-state index contributed by atoms with van der Waals surface area (Å²) in [7, 11) is -0.517. The Labute approximate surface area is 184 Å². The molecule has 2 heterocycles. The molecule has 0 atom stereocenters. The number of sulfonamides is 1. The molecule has 2 aromatic carbocycles. The molecule has 0 bridgehead atoms. The lowest BCUT2D eigenvalue weighted by atomic mass is 10.1. The van der Waals surface area contributed by atoms with Gasteiger partial charge in [0.2, 0.25) is 10.0 Å². The fraction of sp³-hybridized carbons (Fsp3) is 0.182. The van der Waals surface area contributed by atoms with Gasteiger partial charge in [0.15, 0.2) is 0 Å². The number of fused-ring (bicyclic) bond motifs is 1. The fourth-order valence-corrected chi connectivity index (χ4v) is 4.78. The zero-order valence-corrected chi connectivity index (χ0v) is 18.7. The molecule has 9 heteroatoms. The number of nitrogens with zero attached hydrogens (tertiary/aromatic N) is 3. The first-order chi connectivity index (χ1) is 14.9. The number of ether oxygens (including phenoxy) is 1. The van der Waals surface area contributed by atoms with Crippen LogP contribution in [0.3, 0.4) is 0 Å². The van der Waals surface area contributed by atoms with Gasteiger partial charge in [0, 0.05) is 19.5 Å². The summed E-state index contributed by atoms with van der Waals surface area (Å²) in [4.78, 5) is 14.1. The van der Waals surface area contributed by atoms with E-state index in [9.17, 15) is 13.2 Å². The largest absolute Gasteiger partial charge is 0.492 e. The van der Waals surface area contributed by atoms with Gasteiger partial charge in [-0.1, -0.05) is 24.3 Å². The topological polar surface area (TPSA) is 81.5 Å². The molecule has 31 heavy (non-hydrogen) atoms. The van der Waals surface area contributed by atoms with Gasteiger partial charge in [-0.05, 0) is 41.8 Å². The minimum atomic E-state index is -3.49. The third-order valence-corrected chi connectivity index (χ3v) is 7.50. The molecule has 0 amide bonds. The number of rotatable bonds is 7. The number of hydrogen-bond donors (Lipinski definition) is 0. The summed E-state index contributed by atoms with van der Waals surface area (Å²) in [5, 5.41) is 8.00. The molecule has 0 aliphatic carbocycles. The molecule has 0 aliphatic rings. The van der Waals surface area contributed by atoms with E-state index in [0.717, 1.165) is 20.3 Å². The van der Waals surface area contributed by atoms with Crippen LogP contribution in [-0.2, 0) is 16.6 Å². The molecule has 4 aromatic rings. The van der Waals surface area contributed by atoms with Gasteiger partial charge in [-0.3, -0.25) is 4.79 Å². The molecule has 0 fully saturated rings. The molecule has 2 aromatic heterocycles.